The SMILES string of the molecule is N#Cc1ncccc1S(=O)(=O)NCCC1CCCNC1. The molecule has 0 radical (unpaired) electrons. The van der Waals surface area contributed by atoms with Crippen molar-refractivity contribution in [2.24, 2.45) is 5.92 Å². The molecule has 0 aliphatic carbocycles. The number of pyridine rings is 1. The summed E-state index contributed by atoms with van der Waals surface area (Å²) in [5.74, 6) is 0.510. The van der Waals surface area contributed by atoms with Gasteiger partial charge in [-0.15, -0.1) is 0 Å². The number of hydrogen-bond donors (Lipinski definition) is 2. The molecule has 1 aromatic rings. The van der Waals surface area contributed by atoms with Gasteiger partial charge in [-0.3, -0.25) is 0 Å². The second-order valence-corrected chi connectivity index (χ2v) is 6.60. The highest BCUT2D eigenvalue weighted by atomic mass is 32.2. The summed E-state index contributed by atoms with van der Waals surface area (Å²) in [5.41, 5.74) is -0.0701. The summed E-state index contributed by atoms with van der Waals surface area (Å²) in [6, 6.07) is 4.71. The number of nitrogens with zero attached hydrogens (tertiary/aromatic N) is 2. The van der Waals surface area contributed by atoms with Crippen molar-refractivity contribution in [3.05, 3.63) is 24.0 Å². The Kier molecular flexibility index (Phi) is 5.06. The van der Waals surface area contributed by atoms with Crippen molar-refractivity contribution in [1.29, 1.82) is 5.26 Å². The Morgan fingerprint density at radius 3 is 3.10 bits per heavy atom. The minimum atomic E-state index is -3.66. The summed E-state index contributed by atoms with van der Waals surface area (Å²) in [6.45, 7) is 2.37. The molecule has 0 aromatic carbocycles. The third-order valence-electron chi connectivity index (χ3n) is 3.41. The molecule has 2 N–H and O–H groups in total. The van der Waals surface area contributed by atoms with Crippen molar-refractivity contribution in [2.45, 2.75) is 24.2 Å². The fraction of sp³-hybridized carbons (Fsp3) is 0.538. The molecule has 7 heteroatoms. The number of hydrogen-bond acceptors (Lipinski definition) is 5. The third-order valence-corrected chi connectivity index (χ3v) is 4.90. The Bertz CT molecular complexity index is 589. The molecule has 20 heavy (non-hydrogen) atoms. The maximum Gasteiger partial charge on any atom is 0.243 e. The van der Waals surface area contributed by atoms with Gasteiger partial charge in [0.1, 0.15) is 11.0 Å². The predicted molar refractivity (Wildman–Crippen MR) is 74.4 cm³/mol. The molecule has 1 unspecified atom stereocenters. The molecular weight excluding hydrogens is 276 g/mol. The molecule has 1 atom stereocenters. The van der Waals surface area contributed by atoms with Gasteiger partial charge in [0.25, 0.3) is 0 Å². The van der Waals surface area contributed by atoms with Gasteiger partial charge in [-0.1, -0.05) is 0 Å². The van der Waals surface area contributed by atoms with E-state index in [2.05, 4.69) is 15.0 Å². The topological polar surface area (TPSA) is 94.9 Å². The van der Waals surface area contributed by atoms with Crippen molar-refractivity contribution < 1.29 is 8.42 Å². The highest BCUT2D eigenvalue weighted by Gasteiger charge is 2.20. The first-order chi connectivity index (χ1) is 9.63. The lowest BCUT2D eigenvalue weighted by molar-refractivity contribution is 0.358. The Hall–Kier alpha value is -1.49. The second kappa shape index (κ2) is 6.79. The van der Waals surface area contributed by atoms with E-state index in [9.17, 15) is 8.42 Å². The first-order valence-corrected chi connectivity index (χ1v) is 8.17. The lowest BCUT2D eigenvalue weighted by Gasteiger charge is -2.22. The highest BCUT2D eigenvalue weighted by molar-refractivity contribution is 7.89. The molecule has 1 aromatic heterocycles. The Morgan fingerprint density at radius 1 is 1.55 bits per heavy atom. The molecule has 0 bridgehead atoms. The van der Waals surface area contributed by atoms with E-state index < -0.39 is 10.0 Å². The minimum Gasteiger partial charge on any atom is -0.316 e. The number of piperidine rings is 1. The summed E-state index contributed by atoms with van der Waals surface area (Å²) >= 11 is 0. The van der Waals surface area contributed by atoms with Crippen molar-refractivity contribution in [3.63, 3.8) is 0 Å². The van der Waals surface area contributed by atoms with E-state index in [1.165, 1.54) is 18.3 Å². The zero-order valence-electron chi connectivity index (χ0n) is 11.2. The molecule has 6 nitrogen and oxygen atoms in total. The quantitative estimate of drug-likeness (QED) is 0.830. The normalized spacial score (nSPS) is 19.4. The van der Waals surface area contributed by atoms with E-state index in [1.54, 1.807) is 6.07 Å². The molecular formula is C13H18N4O2S. The second-order valence-electron chi connectivity index (χ2n) is 4.86. The molecule has 2 rings (SSSR count). The van der Waals surface area contributed by atoms with Crippen LogP contribution in [0.3, 0.4) is 0 Å². The van der Waals surface area contributed by atoms with Crippen LogP contribution in [-0.4, -0.2) is 33.0 Å². The minimum absolute atomic E-state index is 0.0516. The molecule has 0 saturated carbocycles. The molecule has 1 aliphatic heterocycles. The number of nitrogens with one attached hydrogen (secondary N) is 2. The molecule has 0 amide bonds. The standard InChI is InChI=1S/C13H18N4O2S/c14-9-12-13(4-2-7-16-12)20(18,19)17-8-5-11-3-1-6-15-10-11/h2,4,7,11,15,17H,1,3,5-6,8,10H2. The van der Waals surface area contributed by atoms with Crippen molar-refractivity contribution in [3.8, 4) is 6.07 Å². The van der Waals surface area contributed by atoms with Gasteiger partial charge < -0.3 is 5.32 Å². The molecule has 108 valence electrons. The van der Waals surface area contributed by atoms with Gasteiger partial charge in [0, 0.05) is 12.7 Å². The van der Waals surface area contributed by atoms with E-state index in [4.69, 9.17) is 5.26 Å². The average molecular weight is 294 g/mol. The summed E-state index contributed by atoms with van der Waals surface area (Å²) in [6.07, 6.45) is 4.48. The van der Waals surface area contributed by atoms with Crippen molar-refractivity contribution in [1.82, 2.24) is 15.0 Å². The van der Waals surface area contributed by atoms with E-state index in [1.807, 2.05) is 0 Å². The Balaban J connectivity index is 1.95. The van der Waals surface area contributed by atoms with Crippen LogP contribution >= 0.6 is 0 Å². The molecule has 1 saturated heterocycles. The van der Waals surface area contributed by atoms with Gasteiger partial charge in [0.05, 0.1) is 0 Å². The van der Waals surface area contributed by atoms with E-state index in [-0.39, 0.29) is 10.6 Å². The number of nitriles is 1. The first kappa shape index (κ1) is 14.9. The van der Waals surface area contributed by atoms with Crippen LogP contribution in [0.2, 0.25) is 0 Å². The molecule has 1 aliphatic rings. The zero-order chi connectivity index (χ0) is 14.4. The zero-order valence-corrected chi connectivity index (χ0v) is 12.0. The van der Waals surface area contributed by atoms with Crippen LogP contribution in [0.4, 0.5) is 0 Å². The van der Waals surface area contributed by atoms with Crippen LogP contribution in [0, 0.1) is 17.2 Å². The van der Waals surface area contributed by atoms with Crippen LogP contribution in [0.25, 0.3) is 0 Å². The predicted octanol–water partition coefficient (Wildman–Crippen LogP) is 0.621. The highest BCUT2D eigenvalue weighted by Crippen LogP contribution is 2.15. The molecule has 0 spiro atoms. The summed E-state index contributed by atoms with van der Waals surface area (Å²) < 4.78 is 26.8. The maximum absolute atomic E-state index is 12.1. The first-order valence-electron chi connectivity index (χ1n) is 6.69. The van der Waals surface area contributed by atoms with E-state index in [0.717, 1.165) is 32.4 Å². The van der Waals surface area contributed by atoms with E-state index >= 15 is 0 Å². The van der Waals surface area contributed by atoms with Crippen LogP contribution in [0.1, 0.15) is 25.0 Å². The van der Waals surface area contributed by atoms with Gasteiger partial charge >= 0.3 is 0 Å². The van der Waals surface area contributed by atoms with Gasteiger partial charge in [0.15, 0.2) is 5.69 Å². The molecule has 1 fully saturated rings. The largest absolute Gasteiger partial charge is 0.316 e. The Labute approximate surface area is 119 Å². The summed E-state index contributed by atoms with van der Waals surface area (Å²) in [7, 11) is -3.66. The fourth-order valence-corrected chi connectivity index (χ4v) is 3.49. The lowest BCUT2D eigenvalue weighted by atomic mass is 9.96. The maximum atomic E-state index is 12.1. The summed E-state index contributed by atoms with van der Waals surface area (Å²) in [5, 5.41) is 12.2. The fourth-order valence-electron chi connectivity index (χ4n) is 2.34. The third kappa shape index (κ3) is 3.76. The average Bonchev–Trinajstić information content (AvgIpc) is 2.48. The van der Waals surface area contributed by atoms with Crippen LogP contribution in [-0.2, 0) is 10.0 Å². The van der Waals surface area contributed by atoms with Crippen molar-refractivity contribution in [2.75, 3.05) is 19.6 Å². The van der Waals surface area contributed by atoms with Gasteiger partial charge in [-0.2, -0.15) is 5.26 Å². The van der Waals surface area contributed by atoms with Gasteiger partial charge in [0.2, 0.25) is 10.0 Å². The lowest BCUT2D eigenvalue weighted by Crippen LogP contribution is -2.33. The number of aromatic nitrogens is 1. The Morgan fingerprint density at radius 2 is 2.40 bits per heavy atom. The van der Waals surface area contributed by atoms with Crippen molar-refractivity contribution >= 4 is 10.0 Å². The van der Waals surface area contributed by atoms with Gasteiger partial charge in [-0.25, -0.2) is 18.1 Å². The van der Waals surface area contributed by atoms with Gasteiger partial charge in [-0.05, 0) is 50.4 Å². The molecule has 2 heterocycles. The smallest absolute Gasteiger partial charge is 0.243 e. The van der Waals surface area contributed by atoms with Crippen LogP contribution in [0.5, 0.6) is 0 Å². The number of rotatable bonds is 5. The van der Waals surface area contributed by atoms with Crippen LogP contribution in [0.15, 0.2) is 23.2 Å². The summed E-state index contributed by atoms with van der Waals surface area (Å²) in [4.78, 5) is 3.72. The number of sulfonamides is 1. The van der Waals surface area contributed by atoms with Crippen LogP contribution < -0.4 is 10.0 Å². The monoisotopic (exact) mass is 294 g/mol. The van der Waals surface area contributed by atoms with E-state index in [0.29, 0.717) is 12.5 Å².